The maximum absolute atomic E-state index is 2.49. The first-order valence-electron chi connectivity index (χ1n) is 23.6. The summed E-state index contributed by atoms with van der Waals surface area (Å²) in [6.45, 7) is 0. The van der Waals surface area contributed by atoms with E-state index in [-0.39, 0.29) is 0 Å². The topological polar surface area (TPSA) is 19.7 Å². The van der Waals surface area contributed by atoms with E-state index in [9.17, 15) is 0 Å². The Morgan fingerprint density at radius 3 is 0.841 bits per heavy atom. The SMILES string of the molecule is c1ccc(-n2c3ccccc3c3ccc4c5ccc(-c6ccc(-c7ccc8c9ccc%10c%11ccccc%11n(-c%11ccccc%11)c%10c9n(-c9ccccc9)c8c7)s6)cc5n(-c5ccccc5)c4c32)cc1. The Hall–Kier alpha value is -8.90. The molecule has 69 heavy (non-hydrogen) atoms. The lowest BCUT2D eigenvalue weighted by molar-refractivity contribution is 1.15. The number of thiophene rings is 1. The fourth-order valence-electron chi connectivity index (χ4n) is 11.4. The minimum Gasteiger partial charge on any atom is -0.307 e. The number of hydrogen-bond donors (Lipinski definition) is 0. The van der Waals surface area contributed by atoms with Gasteiger partial charge in [0.15, 0.2) is 0 Å². The summed E-state index contributed by atoms with van der Waals surface area (Å²) in [5, 5.41) is 9.95. The van der Waals surface area contributed by atoms with Gasteiger partial charge in [-0.25, -0.2) is 0 Å². The highest BCUT2D eigenvalue weighted by Crippen LogP contribution is 2.46. The van der Waals surface area contributed by atoms with Crippen LogP contribution in [0, 0.1) is 0 Å². The molecule has 5 heteroatoms. The van der Waals surface area contributed by atoms with Crippen LogP contribution in [-0.2, 0) is 0 Å². The number of hydrogen-bond acceptors (Lipinski definition) is 1. The van der Waals surface area contributed by atoms with Gasteiger partial charge in [0.05, 0.1) is 44.1 Å². The van der Waals surface area contributed by atoms with Crippen molar-refractivity contribution < 1.29 is 0 Å². The van der Waals surface area contributed by atoms with Gasteiger partial charge in [-0.15, -0.1) is 11.3 Å². The molecule has 0 amide bonds. The lowest BCUT2D eigenvalue weighted by Gasteiger charge is -2.12. The molecular weight excluding hydrogens is 857 g/mol. The van der Waals surface area contributed by atoms with Crippen LogP contribution in [-0.4, -0.2) is 18.3 Å². The van der Waals surface area contributed by atoms with Gasteiger partial charge in [0.2, 0.25) is 0 Å². The van der Waals surface area contributed by atoms with Crippen LogP contribution < -0.4 is 0 Å². The van der Waals surface area contributed by atoms with Gasteiger partial charge in [-0.2, -0.15) is 0 Å². The largest absolute Gasteiger partial charge is 0.307 e. The zero-order chi connectivity index (χ0) is 45.2. The Kier molecular flexibility index (Phi) is 8.20. The van der Waals surface area contributed by atoms with Gasteiger partial charge in [0, 0.05) is 75.6 Å². The summed E-state index contributed by atoms with van der Waals surface area (Å²) in [6.07, 6.45) is 0. The van der Waals surface area contributed by atoms with Gasteiger partial charge in [-0.05, 0) is 96.1 Å². The molecular formula is C64H40N4S. The third-order valence-corrected chi connectivity index (χ3v) is 15.5. The van der Waals surface area contributed by atoms with Crippen molar-refractivity contribution in [1.82, 2.24) is 18.3 Å². The summed E-state index contributed by atoms with van der Waals surface area (Å²) in [7, 11) is 0. The maximum atomic E-state index is 2.49. The second-order valence-corrected chi connectivity index (χ2v) is 19.1. The van der Waals surface area contributed by atoms with E-state index < -0.39 is 0 Å². The van der Waals surface area contributed by atoms with E-state index >= 15 is 0 Å². The molecule has 322 valence electrons. The van der Waals surface area contributed by atoms with Gasteiger partial charge < -0.3 is 18.3 Å². The van der Waals surface area contributed by atoms with Crippen LogP contribution in [0.25, 0.3) is 131 Å². The van der Waals surface area contributed by atoms with Crippen LogP contribution in [0.3, 0.4) is 0 Å². The molecule has 0 fully saturated rings. The molecule has 0 aliphatic heterocycles. The van der Waals surface area contributed by atoms with E-state index in [0.29, 0.717) is 0 Å². The Bertz CT molecular complexity index is 4220. The van der Waals surface area contributed by atoms with Crippen molar-refractivity contribution in [2.45, 2.75) is 0 Å². The summed E-state index contributed by atoms with van der Waals surface area (Å²) in [6, 6.07) is 89.0. The molecule has 4 nitrogen and oxygen atoms in total. The van der Waals surface area contributed by atoms with E-state index in [4.69, 9.17) is 0 Å². The second kappa shape index (κ2) is 14.8. The molecule has 0 N–H and O–H groups in total. The molecule has 15 rings (SSSR count). The monoisotopic (exact) mass is 896 g/mol. The van der Waals surface area contributed by atoms with Crippen molar-refractivity contribution in [3.05, 3.63) is 243 Å². The molecule has 0 aliphatic rings. The van der Waals surface area contributed by atoms with Crippen molar-refractivity contribution in [3.63, 3.8) is 0 Å². The standard InChI is InChI=1S/C64H40N4S/c1-5-17-43(18-6-1)65-55-27-15-13-25-47(55)51-33-35-53-49-31-29-41(39-57(49)67(63(53)61(51)65)45-21-9-3-10-22-45)59-37-38-60(69-59)42-30-32-50-54-36-34-52-48-26-14-16-28-56(48)66(44-19-7-2-8-20-44)62(52)64(54)68(58(50)40-42)46-23-11-4-12-24-46/h1-40H. The van der Waals surface area contributed by atoms with E-state index in [2.05, 4.69) is 261 Å². The minimum atomic E-state index is 1.14. The molecule has 0 saturated carbocycles. The highest BCUT2D eigenvalue weighted by molar-refractivity contribution is 7.18. The maximum Gasteiger partial charge on any atom is 0.0788 e. The summed E-state index contributed by atoms with van der Waals surface area (Å²) < 4.78 is 9.90. The molecule has 0 saturated heterocycles. The second-order valence-electron chi connectivity index (χ2n) is 18.1. The Balaban J connectivity index is 0.934. The van der Waals surface area contributed by atoms with Gasteiger partial charge in [0.25, 0.3) is 0 Å². The Morgan fingerprint density at radius 1 is 0.217 bits per heavy atom. The normalized spacial score (nSPS) is 12.1. The molecule has 0 unspecified atom stereocenters. The third kappa shape index (κ3) is 5.56. The van der Waals surface area contributed by atoms with Crippen molar-refractivity contribution >= 4 is 98.6 Å². The first-order valence-corrected chi connectivity index (χ1v) is 24.4. The summed E-state index contributed by atoms with van der Waals surface area (Å²) in [5.74, 6) is 0. The Morgan fingerprint density at radius 2 is 0.493 bits per heavy atom. The molecule has 5 heterocycles. The van der Waals surface area contributed by atoms with E-state index in [0.717, 1.165) is 22.7 Å². The molecule has 0 atom stereocenters. The molecule has 5 aromatic heterocycles. The number of rotatable bonds is 6. The van der Waals surface area contributed by atoms with Crippen LogP contribution in [0.1, 0.15) is 0 Å². The van der Waals surface area contributed by atoms with Gasteiger partial charge >= 0.3 is 0 Å². The number of para-hydroxylation sites is 6. The smallest absolute Gasteiger partial charge is 0.0788 e. The molecule has 0 radical (unpaired) electrons. The van der Waals surface area contributed by atoms with Gasteiger partial charge in [-0.3, -0.25) is 0 Å². The molecule has 10 aromatic carbocycles. The summed E-state index contributed by atoms with van der Waals surface area (Å²) in [5.41, 5.74) is 16.6. The fourth-order valence-corrected chi connectivity index (χ4v) is 12.4. The average Bonchev–Trinajstić information content (AvgIpc) is 4.25. The van der Waals surface area contributed by atoms with Crippen LogP contribution in [0.5, 0.6) is 0 Å². The van der Waals surface area contributed by atoms with Crippen molar-refractivity contribution in [2.24, 2.45) is 0 Å². The zero-order valence-electron chi connectivity index (χ0n) is 37.3. The quantitative estimate of drug-likeness (QED) is 0.158. The summed E-state index contributed by atoms with van der Waals surface area (Å²) in [4.78, 5) is 2.47. The van der Waals surface area contributed by atoms with Crippen molar-refractivity contribution in [3.8, 4) is 43.6 Å². The van der Waals surface area contributed by atoms with Crippen LogP contribution >= 0.6 is 11.3 Å². The van der Waals surface area contributed by atoms with Gasteiger partial charge in [-0.1, -0.05) is 158 Å². The Labute approximate surface area is 401 Å². The van der Waals surface area contributed by atoms with E-state index in [1.807, 2.05) is 11.3 Å². The first-order chi connectivity index (χ1) is 34.3. The summed E-state index contributed by atoms with van der Waals surface area (Å²) >= 11 is 1.86. The lowest BCUT2D eigenvalue weighted by atomic mass is 10.1. The van der Waals surface area contributed by atoms with Crippen molar-refractivity contribution in [2.75, 3.05) is 0 Å². The predicted octanol–water partition coefficient (Wildman–Crippen LogP) is 17.5. The number of aromatic nitrogens is 4. The average molecular weight is 897 g/mol. The third-order valence-electron chi connectivity index (χ3n) is 14.4. The molecule has 15 aromatic rings. The number of nitrogens with zero attached hydrogens (tertiary/aromatic N) is 4. The lowest BCUT2D eigenvalue weighted by Crippen LogP contribution is -1.98. The number of benzene rings is 10. The molecule has 0 aliphatic carbocycles. The van der Waals surface area contributed by atoms with E-state index in [1.54, 1.807) is 0 Å². The highest BCUT2D eigenvalue weighted by atomic mass is 32.1. The molecule has 0 spiro atoms. The zero-order valence-corrected chi connectivity index (χ0v) is 38.1. The number of fused-ring (bicyclic) bond motifs is 14. The van der Waals surface area contributed by atoms with Gasteiger partial charge in [0.1, 0.15) is 0 Å². The van der Waals surface area contributed by atoms with Crippen molar-refractivity contribution in [1.29, 1.82) is 0 Å². The fraction of sp³-hybridized carbons (Fsp3) is 0. The van der Waals surface area contributed by atoms with E-state index in [1.165, 1.54) is 108 Å². The minimum absolute atomic E-state index is 1.14. The van der Waals surface area contributed by atoms with Crippen LogP contribution in [0.4, 0.5) is 0 Å². The van der Waals surface area contributed by atoms with Crippen LogP contribution in [0.2, 0.25) is 0 Å². The van der Waals surface area contributed by atoms with Crippen LogP contribution in [0.15, 0.2) is 243 Å². The first kappa shape index (κ1) is 38.2. The predicted molar refractivity (Wildman–Crippen MR) is 293 cm³/mol. The highest BCUT2D eigenvalue weighted by Gasteiger charge is 2.24. The molecule has 0 bridgehead atoms.